The number of hydrogen-bond acceptors (Lipinski definition) is 4. The maximum atomic E-state index is 14.2. The van der Waals surface area contributed by atoms with Crippen LogP contribution in [0, 0.1) is 5.82 Å². The molecule has 3 amide bonds. The highest BCUT2D eigenvalue weighted by Gasteiger charge is 2.16. The molecule has 0 aliphatic rings. The van der Waals surface area contributed by atoms with Gasteiger partial charge in [-0.2, -0.15) is 0 Å². The standard InChI is InChI=1S/C24H20FN3O3S/c25-20-12-5-4-9-17(20)13-21(28-23(30)16-7-2-1-3-8-16)24(31)27-18-10-6-11-19(14-18)32-15-22(26)29/h1-14H,15H2,(H2,26,29)(H,27,31)(H,28,30)/b21-13+. The second kappa shape index (κ2) is 10.9. The zero-order valence-electron chi connectivity index (χ0n) is 16.9. The van der Waals surface area contributed by atoms with E-state index in [-0.39, 0.29) is 17.0 Å². The second-order valence-corrected chi connectivity index (χ2v) is 7.69. The van der Waals surface area contributed by atoms with Crippen LogP contribution in [-0.4, -0.2) is 23.5 Å². The largest absolute Gasteiger partial charge is 0.369 e. The van der Waals surface area contributed by atoms with E-state index < -0.39 is 23.5 Å². The van der Waals surface area contributed by atoms with Crippen molar-refractivity contribution >= 4 is 41.2 Å². The Kier molecular flexibility index (Phi) is 7.77. The average molecular weight is 450 g/mol. The molecule has 162 valence electrons. The Labute approximate surface area is 188 Å². The molecule has 0 unspecified atom stereocenters. The van der Waals surface area contributed by atoms with Crippen molar-refractivity contribution in [2.24, 2.45) is 5.73 Å². The SMILES string of the molecule is NC(=O)CSc1cccc(NC(=O)/C(=C\c2ccccc2F)NC(=O)c2ccccc2)c1. The highest BCUT2D eigenvalue weighted by atomic mass is 32.2. The van der Waals surface area contributed by atoms with Crippen LogP contribution in [0.3, 0.4) is 0 Å². The summed E-state index contributed by atoms with van der Waals surface area (Å²) in [5.74, 6) is -2.02. The first-order valence-corrected chi connectivity index (χ1v) is 10.6. The molecule has 0 spiro atoms. The predicted octanol–water partition coefficient (Wildman–Crippen LogP) is 3.81. The highest BCUT2D eigenvalue weighted by Crippen LogP contribution is 2.22. The molecule has 0 aromatic heterocycles. The Morgan fingerprint density at radius 3 is 2.38 bits per heavy atom. The summed E-state index contributed by atoms with van der Waals surface area (Å²) in [7, 11) is 0. The van der Waals surface area contributed by atoms with E-state index in [9.17, 15) is 18.8 Å². The molecule has 0 saturated carbocycles. The Morgan fingerprint density at radius 1 is 0.938 bits per heavy atom. The number of thioether (sulfide) groups is 1. The predicted molar refractivity (Wildman–Crippen MR) is 123 cm³/mol. The van der Waals surface area contributed by atoms with Crippen molar-refractivity contribution in [3.05, 3.63) is 102 Å². The second-order valence-electron chi connectivity index (χ2n) is 6.64. The van der Waals surface area contributed by atoms with Gasteiger partial charge in [-0.1, -0.05) is 42.5 Å². The Balaban J connectivity index is 1.85. The Bertz CT molecular complexity index is 1170. The van der Waals surface area contributed by atoms with Crippen molar-refractivity contribution in [1.82, 2.24) is 5.32 Å². The van der Waals surface area contributed by atoms with E-state index in [1.807, 2.05) is 0 Å². The van der Waals surface area contributed by atoms with Gasteiger partial charge < -0.3 is 16.4 Å². The number of nitrogens with one attached hydrogen (secondary N) is 2. The molecule has 0 aliphatic heterocycles. The molecule has 3 aromatic carbocycles. The third-order valence-electron chi connectivity index (χ3n) is 4.21. The third-order valence-corrected chi connectivity index (χ3v) is 5.22. The first kappa shape index (κ1) is 22.8. The van der Waals surface area contributed by atoms with E-state index in [1.165, 1.54) is 36.0 Å². The zero-order chi connectivity index (χ0) is 22.9. The number of halogens is 1. The van der Waals surface area contributed by atoms with E-state index in [1.54, 1.807) is 60.7 Å². The summed E-state index contributed by atoms with van der Waals surface area (Å²) >= 11 is 1.23. The molecule has 0 aliphatic carbocycles. The summed E-state index contributed by atoms with van der Waals surface area (Å²) in [6, 6.07) is 21.1. The van der Waals surface area contributed by atoms with Crippen molar-refractivity contribution in [2.45, 2.75) is 4.90 Å². The molecule has 0 heterocycles. The molecule has 0 atom stereocenters. The molecule has 3 aromatic rings. The number of benzene rings is 3. The number of carbonyl (C=O) groups excluding carboxylic acids is 3. The van der Waals surface area contributed by atoms with Gasteiger partial charge in [0.05, 0.1) is 5.75 Å². The number of carbonyl (C=O) groups is 3. The van der Waals surface area contributed by atoms with Gasteiger partial charge in [0.15, 0.2) is 0 Å². The van der Waals surface area contributed by atoms with Crippen molar-refractivity contribution < 1.29 is 18.8 Å². The van der Waals surface area contributed by atoms with Crippen LogP contribution in [0.2, 0.25) is 0 Å². The summed E-state index contributed by atoms with van der Waals surface area (Å²) in [5.41, 5.74) is 5.99. The minimum atomic E-state index is -0.630. The highest BCUT2D eigenvalue weighted by molar-refractivity contribution is 8.00. The van der Waals surface area contributed by atoms with Gasteiger partial charge in [0.25, 0.3) is 11.8 Å². The monoisotopic (exact) mass is 449 g/mol. The first-order valence-electron chi connectivity index (χ1n) is 9.57. The van der Waals surface area contributed by atoms with Crippen LogP contribution in [-0.2, 0) is 9.59 Å². The normalized spacial score (nSPS) is 11.0. The molecule has 3 rings (SSSR count). The lowest BCUT2D eigenvalue weighted by Crippen LogP contribution is -2.30. The molecule has 0 fully saturated rings. The van der Waals surface area contributed by atoms with Crippen LogP contribution in [0.25, 0.3) is 6.08 Å². The molecule has 6 nitrogen and oxygen atoms in total. The lowest BCUT2D eigenvalue weighted by Gasteiger charge is -2.12. The quantitative estimate of drug-likeness (QED) is 0.360. The summed E-state index contributed by atoms with van der Waals surface area (Å²) in [6.45, 7) is 0. The van der Waals surface area contributed by atoms with Crippen molar-refractivity contribution in [2.75, 3.05) is 11.1 Å². The Hall–Kier alpha value is -3.91. The minimum absolute atomic E-state index is 0.100. The van der Waals surface area contributed by atoms with Gasteiger partial charge in [-0.05, 0) is 42.5 Å². The molecular formula is C24H20FN3O3S. The number of hydrogen-bond donors (Lipinski definition) is 3. The summed E-state index contributed by atoms with van der Waals surface area (Å²) in [4.78, 5) is 37.3. The number of anilines is 1. The fourth-order valence-electron chi connectivity index (χ4n) is 2.71. The fraction of sp³-hybridized carbons (Fsp3) is 0.0417. The van der Waals surface area contributed by atoms with Crippen LogP contribution < -0.4 is 16.4 Å². The van der Waals surface area contributed by atoms with E-state index in [0.29, 0.717) is 11.3 Å². The minimum Gasteiger partial charge on any atom is -0.369 e. The molecule has 0 radical (unpaired) electrons. The topological polar surface area (TPSA) is 101 Å². The average Bonchev–Trinajstić information content (AvgIpc) is 2.79. The molecule has 0 bridgehead atoms. The summed E-state index contributed by atoms with van der Waals surface area (Å²) in [6.07, 6.45) is 1.27. The summed E-state index contributed by atoms with van der Waals surface area (Å²) < 4.78 is 14.2. The van der Waals surface area contributed by atoms with Crippen LogP contribution in [0.1, 0.15) is 15.9 Å². The van der Waals surface area contributed by atoms with E-state index in [0.717, 1.165) is 4.90 Å². The molecular weight excluding hydrogens is 429 g/mol. The maximum Gasteiger partial charge on any atom is 0.272 e. The fourth-order valence-corrected chi connectivity index (χ4v) is 3.40. The Morgan fingerprint density at radius 2 is 1.66 bits per heavy atom. The zero-order valence-corrected chi connectivity index (χ0v) is 17.7. The van der Waals surface area contributed by atoms with E-state index >= 15 is 0 Å². The van der Waals surface area contributed by atoms with Crippen molar-refractivity contribution in [3.63, 3.8) is 0 Å². The molecule has 4 N–H and O–H groups in total. The third kappa shape index (κ3) is 6.55. The lowest BCUT2D eigenvalue weighted by molar-refractivity contribution is -0.115. The van der Waals surface area contributed by atoms with Gasteiger partial charge >= 0.3 is 0 Å². The number of primary amides is 1. The van der Waals surface area contributed by atoms with Gasteiger partial charge in [0, 0.05) is 21.7 Å². The van der Waals surface area contributed by atoms with Crippen LogP contribution in [0.15, 0.2) is 89.5 Å². The molecule has 8 heteroatoms. The molecule has 32 heavy (non-hydrogen) atoms. The number of amides is 3. The smallest absolute Gasteiger partial charge is 0.272 e. The van der Waals surface area contributed by atoms with E-state index in [2.05, 4.69) is 10.6 Å². The van der Waals surface area contributed by atoms with Crippen LogP contribution >= 0.6 is 11.8 Å². The number of rotatable bonds is 8. The number of nitrogens with two attached hydrogens (primary N) is 1. The van der Waals surface area contributed by atoms with Crippen LogP contribution in [0.4, 0.5) is 10.1 Å². The first-order chi connectivity index (χ1) is 15.4. The van der Waals surface area contributed by atoms with Gasteiger partial charge in [-0.25, -0.2) is 4.39 Å². The van der Waals surface area contributed by atoms with Gasteiger partial charge in [0.2, 0.25) is 5.91 Å². The van der Waals surface area contributed by atoms with Gasteiger partial charge in [-0.3, -0.25) is 14.4 Å². The van der Waals surface area contributed by atoms with Gasteiger partial charge in [-0.15, -0.1) is 11.8 Å². The van der Waals surface area contributed by atoms with Gasteiger partial charge in [0.1, 0.15) is 11.5 Å². The molecule has 0 saturated heterocycles. The summed E-state index contributed by atoms with van der Waals surface area (Å²) in [5, 5.41) is 5.25. The van der Waals surface area contributed by atoms with Crippen molar-refractivity contribution in [1.29, 1.82) is 0 Å². The van der Waals surface area contributed by atoms with Crippen molar-refractivity contribution in [3.8, 4) is 0 Å². The lowest BCUT2D eigenvalue weighted by atomic mass is 10.1. The van der Waals surface area contributed by atoms with Crippen LogP contribution in [0.5, 0.6) is 0 Å². The van der Waals surface area contributed by atoms with E-state index in [4.69, 9.17) is 5.73 Å². The maximum absolute atomic E-state index is 14.2.